The predicted octanol–water partition coefficient (Wildman–Crippen LogP) is 7.03. The van der Waals surface area contributed by atoms with Gasteiger partial charge in [0.05, 0.1) is 37.0 Å². The van der Waals surface area contributed by atoms with Crippen molar-refractivity contribution in [2.75, 3.05) is 72.2 Å². The topological polar surface area (TPSA) is 60.9 Å². The molecule has 3 heterocycles. The second-order valence-electron chi connectivity index (χ2n) is 12.0. The molecule has 3 aliphatic rings. The van der Waals surface area contributed by atoms with E-state index in [0.717, 1.165) is 62.7 Å². The summed E-state index contributed by atoms with van der Waals surface area (Å²) >= 11 is 12.5. The van der Waals surface area contributed by atoms with Gasteiger partial charge >= 0.3 is 12.2 Å². The van der Waals surface area contributed by atoms with E-state index in [9.17, 15) is 18.0 Å². The van der Waals surface area contributed by atoms with Crippen LogP contribution >= 0.6 is 23.2 Å². The summed E-state index contributed by atoms with van der Waals surface area (Å²) in [4.78, 5) is 28.0. The number of hydrogen-bond acceptors (Lipinski definition) is 6. The summed E-state index contributed by atoms with van der Waals surface area (Å²) in [6, 6.07) is 16.3. The maximum absolute atomic E-state index is 14.7. The van der Waals surface area contributed by atoms with Crippen LogP contribution in [0.3, 0.4) is 0 Å². The Bertz CT molecular complexity index is 1590. The minimum absolute atomic E-state index is 0.00317. The van der Waals surface area contributed by atoms with Crippen LogP contribution < -0.4 is 4.74 Å². The molecule has 0 aliphatic carbocycles. The Morgan fingerprint density at radius 3 is 2.02 bits per heavy atom. The molecule has 3 aromatic rings. The molecular weight excluding hydrogens is 666 g/mol. The van der Waals surface area contributed by atoms with Gasteiger partial charge in [0, 0.05) is 62.4 Å². The Morgan fingerprint density at radius 1 is 0.854 bits per heavy atom. The van der Waals surface area contributed by atoms with Crippen LogP contribution in [0.25, 0.3) is 0 Å². The van der Waals surface area contributed by atoms with Gasteiger partial charge in [0.1, 0.15) is 17.6 Å². The largest absolute Gasteiger partial charge is 0.493 e. The molecule has 2 fully saturated rings. The summed E-state index contributed by atoms with van der Waals surface area (Å²) < 4.78 is 52.6. The van der Waals surface area contributed by atoms with Crippen molar-refractivity contribution < 1.29 is 27.4 Å². The molecule has 2 unspecified atom stereocenters. The number of alkyl halides is 3. The first-order valence-corrected chi connectivity index (χ1v) is 16.9. The fourth-order valence-corrected chi connectivity index (χ4v) is 6.69. The van der Waals surface area contributed by atoms with Crippen molar-refractivity contribution in [3.8, 4) is 5.75 Å². The number of carbonyl (C=O) groups is 1. The zero-order chi connectivity index (χ0) is 33.8. The summed E-state index contributed by atoms with van der Waals surface area (Å²) in [6.45, 7) is 9.40. The number of nitrogens with zero attached hydrogens (tertiary/aromatic N) is 5. The highest BCUT2D eigenvalue weighted by atomic mass is 35.5. The normalized spacial score (nSPS) is 21.0. The third kappa shape index (κ3) is 7.76. The number of hydrogen-bond donors (Lipinski definition) is 0. The maximum atomic E-state index is 14.7. The molecule has 2 saturated heterocycles. The monoisotopic (exact) mass is 703 g/mol. The number of morpholine rings is 1. The zero-order valence-corrected chi connectivity index (χ0v) is 28.1. The summed E-state index contributed by atoms with van der Waals surface area (Å²) in [5.41, 5.74) is 1.03. The van der Waals surface area contributed by atoms with Gasteiger partial charge in [0.15, 0.2) is 0 Å². The number of benzene rings is 3. The first-order chi connectivity index (χ1) is 23.1. The third-order valence-electron chi connectivity index (χ3n) is 9.02. The molecule has 0 N–H and O–H groups in total. The summed E-state index contributed by atoms with van der Waals surface area (Å²) in [7, 11) is 0. The molecule has 6 rings (SSSR count). The molecule has 48 heavy (non-hydrogen) atoms. The van der Waals surface area contributed by atoms with Gasteiger partial charge in [0.2, 0.25) is 0 Å². The SMILES string of the molecule is CCOc1cc(C(F)(F)F)ccc1C1=NC(c2ccc(Cl)cc2)C(c2ccc(Cl)cc2)N1C(=O)N1CCN(CCN2CCOCC2)CC1. The number of aliphatic imine (C=N–C) groups is 1. The zero-order valence-electron chi connectivity index (χ0n) is 26.6. The van der Waals surface area contributed by atoms with Crippen molar-refractivity contribution in [1.82, 2.24) is 19.6 Å². The van der Waals surface area contributed by atoms with Crippen LogP contribution in [0.4, 0.5) is 18.0 Å². The van der Waals surface area contributed by atoms with Gasteiger partial charge < -0.3 is 14.4 Å². The number of amides is 2. The van der Waals surface area contributed by atoms with E-state index >= 15 is 0 Å². The molecular formula is C35H38Cl2F3N5O3. The Morgan fingerprint density at radius 2 is 1.44 bits per heavy atom. The highest BCUT2D eigenvalue weighted by Gasteiger charge is 2.45. The second kappa shape index (κ2) is 15.0. The predicted molar refractivity (Wildman–Crippen MR) is 180 cm³/mol. The van der Waals surface area contributed by atoms with E-state index in [1.54, 1.807) is 41.0 Å². The van der Waals surface area contributed by atoms with Crippen molar-refractivity contribution in [2.45, 2.75) is 25.2 Å². The van der Waals surface area contributed by atoms with Crippen LogP contribution in [0.2, 0.25) is 10.0 Å². The second-order valence-corrected chi connectivity index (χ2v) is 12.9. The molecule has 0 radical (unpaired) electrons. The minimum Gasteiger partial charge on any atom is -0.493 e. The number of carbonyl (C=O) groups excluding carboxylic acids is 1. The first-order valence-electron chi connectivity index (χ1n) is 16.2. The number of piperazine rings is 1. The van der Waals surface area contributed by atoms with E-state index in [1.165, 1.54) is 6.07 Å². The summed E-state index contributed by atoms with van der Waals surface area (Å²) in [5, 5.41) is 1.08. The highest BCUT2D eigenvalue weighted by Crippen LogP contribution is 2.46. The molecule has 3 aromatic carbocycles. The number of rotatable bonds is 8. The molecule has 0 bridgehead atoms. The van der Waals surface area contributed by atoms with E-state index in [0.29, 0.717) is 41.8 Å². The van der Waals surface area contributed by atoms with Gasteiger partial charge in [-0.15, -0.1) is 0 Å². The van der Waals surface area contributed by atoms with E-state index in [4.69, 9.17) is 37.7 Å². The van der Waals surface area contributed by atoms with E-state index < -0.39 is 23.8 Å². The molecule has 3 aliphatic heterocycles. The fourth-order valence-electron chi connectivity index (χ4n) is 6.44. The minimum atomic E-state index is -4.57. The summed E-state index contributed by atoms with van der Waals surface area (Å²) in [6.07, 6.45) is -4.57. The standard InChI is InChI=1S/C35H38Cl2F3N5O3/c1-2-48-30-23-26(35(38,39)40)7-12-29(30)33-41-31(24-3-8-27(36)9-4-24)32(25-5-10-28(37)11-6-25)45(33)34(46)44-17-15-42(16-18-44)13-14-43-19-21-47-22-20-43/h3-12,23,31-32H,2,13-22H2,1H3. The lowest BCUT2D eigenvalue weighted by atomic mass is 9.93. The van der Waals surface area contributed by atoms with E-state index in [-0.39, 0.29) is 24.2 Å². The van der Waals surface area contributed by atoms with Crippen LogP contribution in [0.1, 0.15) is 41.3 Å². The molecule has 13 heteroatoms. The van der Waals surface area contributed by atoms with Crippen LogP contribution in [0, 0.1) is 0 Å². The van der Waals surface area contributed by atoms with Crippen molar-refractivity contribution >= 4 is 35.1 Å². The Hall–Kier alpha value is -3.35. The van der Waals surface area contributed by atoms with Crippen molar-refractivity contribution in [2.24, 2.45) is 4.99 Å². The molecule has 0 aromatic heterocycles. The van der Waals surface area contributed by atoms with Crippen LogP contribution in [0.5, 0.6) is 5.75 Å². The van der Waals surface area contributed by atoms with Gasteiger partial charge in [0.25, 0.3) is 0 Å². The number of urea groups is 1. The van der Waals surface area contributed by atoms with Gasteiger partial charge in [-0.05, 0) is 60.5 Å². The lowest BCUT2D eigenvalue weighted by Crippen LogP contribution is -2.55. The van der Waals surface area contributed by atoms with Crippen LogP contribution in [-0.2, 0) is 10.9 Å². The van der Waals surface area contributed by atoms with Crippen molar-refractivity contribution in [1.29, 1.82) is 0 Å². The Balaban J connectivity index is 1.36. The molecule has 2 atom stereocenters. The Kier molecular flexibility index (Phi) is 10.8. The Labute approximate surface area is 288 Å². The number of amidine groups is 1. The van der Waals surface area contributed by atoms with Crippen LogP contribution in [0.15, 0.2) is 71.7 Å². The smallest absolute Gasteiger partial charge is 0.416 e. The summed E-state index contributed by atoms with van der Waals surface area (Å²) in [5.74, 6) is 0.246. The lowest BCUT2D eigenvalue weighted by Gasteiger charge is -2.39. The fraction of sp³-hybridized carbons (Fsp3) is 0.429. The lowest BCUT2D eigenvalue weighted by molar-refractivity contribution is -0.137. The van der Waals surface area contributed by atoms with Crippen LogP contribution in [-0.4, -0.2) is 104 Å². The maximum Gasteiger partial charge on any atom is 0.416 e. The molecule has 0 saturated carbocycles. The van der Waals surface area contributed by atoms with E-state index in [1.807, 2.05) is 24.3 Å². The van der Waals surface area contributed by atoms with Gasteiger partial charge in [-0.25, -0.2) is 4.79 Å². The van der Waals surface area contributed by atoms with Crippen molar-refractivity contribution in [3.63, 3.8) is 0 Å². The molecule has 256 valence electrons. The molecule has 8 nitrogen and oxygen atoms in total. The van der Waals surface area contributed by atoms with Gasteiger partial charge in [-0.1, -0.05) is 47.5 Å². The molecule has 0 spiro atoms. The van der Waals surface area contributed by atoms with Gasteiger partial charge in [-0.2, -0.15) is 13.2 Å². The average Bonchev–Trinajstić information content (AvgIpc) is 3.48. The number of ether oxygens (including phenoxy) is 2. The van der Waals surface area contributed by atoms with E-state index in [2.05, 4.69) is 9.80 Å². The first kappa shape index (κ1) is 34.5. The van der Waals surface area contributed by atoms with Crippen molar-refractivity contribution in [3.05, 3.63) is 99.0 Å². The quantitative estimate of drug-likeness (QED) is 0.252. The number of halogens is 5. The average molecular weight is 705 g/mol. The highest BCUT2D eigenvalue weighted by molar-refractivity contribution is 6.30. The molecule has 2 amide bonds. The third-order valence-corrected chi connectivity index (χ3v) is 9.53. The van der Waals surface area contributed by atoms with Gasteiger partial charge in [-0.3, -0.25) is 19.7 Å².